The zero-order valence-corrected chi connectivity index (χ0v) is 17.2. The minimum absolute atomic E-state index is 0.0106. The maximum Gasteiger partial charge on any atom is 0.291 e. The SMILES string of the molecule is COc1ccc(NC(=O)c2ccco2)cc1NC(=O)c1ccc(-c2cccc([N+](=O)[O-])c2)o1. The van der Waals surface area contributed by atoms with Crippen LogP contribution in [0.4, 0.5) is 17.1 Å². The quantitative estimate of drug-likeness (QED) is 0.302. The van der Waals surface area contributed by atoms with Crippen molar-refractivity contribution in [3.05, 3.63) is 94.6 Å². The summed E-state index contributed by atoms with van der Waals surface area (Å²) in [6, 6.07) is 16.7. The first-order valence-corrected chi connectivity index (χ1v) is 9.63. The second-order valence-corrected chi connectivity index (χ2v) is 6.77. The van der Waals surface area contributed by atoms with Gasteiger partial charge in [0.25, 0.3) is 17.5 Å². The van der Waals surface area contributed by atoms with E-state index in [1.807, 2.05) is 0 Å². The first-order chi connectivity index (χ1) is 15.9. The third-order valence-electron chi connectivity index (χ3n) is 4.62. The fourth-order valence-electron chi connectivity index (χ4n) is 3.06. The predicted octanol–water partition coefficient (Wildman–Crippen LogP) is 4.96. The number of carbonyl (C=O) groups is 2. The summed E-state index contributed by atoms with van der Waals surface area (Å²) in [4.78, 5) is 35.4. The molecule has 0 aliphatic heterocycles. The molecule has 4 aromatic rings. The van der Waals surface area contributed by atoms with Crippen LogP contribution in [0, 0.1) is 10.1 Å². The minimum atomic E-state index is -0.570. The lowest BCUT2D eigenvalue weighted by Gasteiger charge is -2.12. The summed E-state index contributed by atoms with van der Waals surface area (Å²) >= 11 is 0. The lowest BCUT2D eigenvalue weighted by Crippen LogP contribution is -2.14. The molecule has 33 heavy (non-hydrogen) atoms. The van der Waals surface area contributed by atoms with Gasteiger partial charge in [-0.15, -0.1) is 0 Å². The van der Waals surface area contributed by atoms with Gasteiger partial charge in [0.1, 0.15) is 11.5 Å². The Morgan fingerprint density at radius 1 is 0.939 bits per heavy atom. The molecule has 2 aromatic carbocycles. The molecule has 2 heterocycles. The second kappa shape index (κ2) is 9.10. The van der Waals surface area contributed by atoms with Gasteiger partial charge in [-0.1, -0.05) is 12.1 Å². The zero-order chi connectivity index (χ0) is 23.4. The summed E-state index contributed by atoms with van der Waals surface area (Å²) in [5.41, 5.74) is 1.08. The van der Waals surface area contributed by atoms with E-state index >= 15 is 0 Å². The van der Waals surface area contributed by atoms with Crippen LogP contribution in [0.2, 0.25) is 0 Å². The van der Waals surface area contributed by atoms with Gasteiger partial charge >= 0.3 is 0 Å². The van der Waals surface area contributed by atoms with Crippen molar-refractivity contribution >= 4 is 28.9 Å². The van der Waals surface area contributed by atoms with Gasteiger partial charge in [-0.2, -0.15) is 0 Å². The Hall–Kier alpha value is -4.86. The van der Waals surface area contributed by atoms with E-state index in [-0.39, 0.29) is 17.2 Å². The van der Waals surface area contributed by atoms with Gasteiger partial charge in [-0.25, -0.2) is 0 Å². The van der Waals surface area contributed by atoms with E-state index in [2.05, 4.69) is 10.6 Å². The van der Waals surface area contributed by atoms with E-state index in [0.717, 1.165) is 0 Å². The third kappa shape index (κ3) is 4.74. The Bertz CT molecular complexity index is 1330. The molecule has 2 N–H and O–H groups in total. The molecular weight excluding hydrogens is 430 g/mol. The maximum absolute atomic E-state index is 12.8. The van der Waals surface area contributed by atoms with Crippen molar-refractivity contribution in [1.29, 1.82) is 0 Å². The molecule has 0 aliphatic carbocycles. The fourth-order valence-corrected chi connectivity index (χ4v) is 3.06. The predicted molar refractivity (Wildman–Crippen MR) is 118 cm³/mol. The third-order valence-corrected chi connectivity index (χ3v) is 4.62. The number of nitrogens with one attached hydrogen (secondary N) is 2. The highest BCUT2D eigenvalue weighted by Crippen LogP contribution is 2.30. The van der Waals surface area contributed by atoms with E-state index in [4.69, 9.17) is 13.6 Å². The Labute approximate surface area is 186 Å². The molecule has 0 unspecified atom stereocenters. The largest absolute Gasteiger partial charge is 0.495 e. The van der Waals surface area contributed by atoms with Crippen LogP contribution in [0.15, 0.2) is 81.8 Å². The molecule has 10 heteroatoms. The van der Waals surface area contributed by atoms with Gasteiger partial charge < -0.3 is 24.2 Å². The second-order valence-electron chi connectivity index (χ2n) is 6.77. The summed E-state index contributed by atoms with van der Waals surface area (Å²) in [6.45, 7) is 0. The highest BCUT2D eigenvalue weighted by Gasteiger charge is 2.17. The van der Waals surface area contributed by atoms with E-state index in [1.165, 1.54) is 49.8 Å². The highest BCUT2D eigenvalue weighted by atomic mass is 16.6. The molecule has 4 rings (SSSR count). The van der Waals surface area contributed by atoms with Crippen LogP contribution in [0.1, 0.15) is 21.1 Å². The first kappa shape index (κ1) is 21.4. The van der Waals surface area contributed by atoms with Crippen LogP contribution in [-0.2, 0) is 0 Å². The molecule has 166 valence electrons. The lowest BCUT2D eigenvalue weighted by molar-refractivity contribution is -0.384. The summed E-state index contributed by atoms with van der Waals surface area (Å²) in [5, 5.41) is 16.3. The molecule has 0 radical (unpaired) electrons. The number of benzene rings is 2. The molecule has 0 bridgehead atoms. The van der Waals surface area contributed by atoms with Crippen molar-refractivity contribution in [2.45, 2.75) is 0 Å². The molecule has 0 saturated carbocycles. The minimum Gasteiger partial charge on any atom is -0.495 e. The molecule has 0 saturated heterocycles. The number of hydrogen-bond donors (Lipinski definition) is 2. The summed E-state index contributed by atoms with van der Waals surface area (Å²) < 4.78 is 16.0. The van der Waals surface area contributed by atoms with Crippen molar-refractivity contribution in [2.24, 2.45) is 0 Å². The van der Waals surface area contributed by atoms with Gasteiger partial charge in [-0.05, 0) is 42.5 Å². The van der Waals surface area contributed by atoms with Crippen LogP contribution in [0.25, 0.3) is 11.3 Å². The number of amides is 2. The monoisotopic (exact) mass is 447 g/mol. The van der Waals surface area contributed by atoms with Crippen LogP contribution < -0.4 is 15.4 Å². The van der Waals surface area contributed by atoms with Gasteiger partial charge in [0, 0.05) is 23.4 Å². The number of hydrogen-bond acceptors (Lipinski definition) is 7. The van der Waals surface area contributed by atoms with Crippen molar-refractivity contribution < 1.29 is 28.1 Å². The average Bonchev–Trinajstić information content (AvgIpc) is 3.52. The van der Waals surface area contributed by atoms with Crippen LogP contribution in [0.5, 0.6) is 5.75 Å². The lowest BCUT2D eigenvalue weighted by atomic mass is 10.1. The zero-order valence-electron chi connectivity index (χ0n) is 17.2. The van der Waals surface area contributed by atoms with Gasteiger partial charge in [0.05, 0.1) is 24.0 Å². The first-order valence-electron chi connectivity index (χ1n) is 9.63. The number of nitro groups is 1. The number of carbonyl (C=O) groups excluding carboxylic acids is 2. The molecule has 2 aromatic heterocycles. The number of furan rings is 2. The van der Waals surface area contributed by atoms with E-state index < -0.39 is 16.7 Å². The standard InChI is InChI=1S/C23H17N3O7/c1-31-19-8-7-15(24-22(27)20-6-3-11-32-20)13-17(19)25-23(28)21-10-9-18(33-21)14-4-2-5-16(12-14)26(29)30/h2-13H,1H3,(H,24,27)(H,25,28). The van der Waals surface area contributed by atoms with Crippen LogP contribution >= 0.6 is 0 Å². The normalized spacial score (nSPS) is 10.5. The summed E-state index contributed by atoms with van der Waals surface area (Å²) in [7, 11) is 1.44. The number of ether oxygens (including phenoxy) is 1. The van der Waals surface area contributed by atoms with Crippen molar-refractivity contribution in [3.63, 3.8) is 0 Å². The van der Waals surface area contributed by atoms with E-state index in [0.29, 0.717) is 28.4 Å². The molecular formula is C23H17N3O7. The van der Waals surface area contributed by atoms with E-state index in [9.17, 15) is 19.7 Å². The van der Waals surface area contributed by atoms with Crippen molar-refractivity contribution in [1.82, 2.24) is 0 Å². The number of nitrogens with zero attached hydrogens (tertiary/aromatic N) is 1. The Morgan fingerprint density at radius 3 is 2.48 bits per heavy atom. The van der Waals surface area contributed by atoms with Crippen molar-refractivity contribution in [2.75, 3.05) is 17.7 Å². The molecule has 0 atom stereocenters. The summed E-state index contributed by atoms with van der Waals surface area (Å²) in [6.07, 6.45) is 1.39. The fraction of sp³-hybridized carbons (Fsp3) is 0.0435. The van der Waals surface area contributed by atoms with E-state index in [1.54, 1.807) is 30.3 Å². The van der Waals surface area contributed by atoms with Gasteiger partial charge in [0.15, 0.2) is 11.5 Å². The van der Waals surface area contributed by atoms with Crippen LogP contribution in [0.3, 0.4) is 0 Å². The maximum atomic E-state index is 12.8. The average molecular weight is 447 g/mol. The molecule has 2 amide bonds. The Balaban J connectivity index is 1.53. The Morgan fingerprint density at radius 2 is 1.76 bits per heavy atom. The Kier molecular flexibility index (Phi) is 5.90. The number of methoxy groups -OCH3 is 1. The molecule has 0 aliphatic rings. The number of non-ortho nitro benzene ring substituents is 1. The number of rotatable bonds is 7. The molecule has 0 spiro atoms. The summed E-state index contributed by atoms with van der Waals surface area (Å²) in [5.74, 6) is -0.223. The van der Waals surface area contributed by atoms with Crippen molar-refractivity contribution in [3.8, 4) is 17.1 Å². The molecule has 0 fully saturated rings. The molecule has 10 nitrogen and oxygen atoms in total. The van der Waals surface area contributed by atoms with Gasteiger partial charge in [0.2, 0.25) is 0 Å². The van der Waals surface area contributed by atoms with Crippen LogP contribution in [-0.4, -0.2) is 23.8 Å². The topological polar surface area (TPSA) is 137 Å². The van der Waals surface area contributed by atoms with Gasteiger partial charge in [-0.3, -0.25) is 19.7 Å². The number of anilines is 2. The number of nitro benzene ring substituents is 1. The highest BCUT2D eigenvalue weighted by molar-refractivity contribution is 6.05. The smallest absolute Gasteiger partial charge is 0.291 e.